The van der Waals surface area contributed by atoms with Crippen LogP contribution < -0.4 is 0 Å². The van der Waals surface area contributed by atoms with Crippen molar-refractivity contribution < 1.29 is 32.9 Å². The zero-order valence-electron chi connectivity index (χ0n) is 72.9. The molecule has 0 aliphatic carbocycles. The molecule has 0 amide bonds. The minimum absolute atomic E-state index is 0.204. The standard InChI is InChI=1S/C116H96O8Si8/c1-9-25-101(26-10-1)109-57-41-93(42-58-109)73-81-125-89-126(82-74-94-43-59-110(60-44-94)102-27-11-2-12-28-102)118-129(85-77-97-49-65-113(66-50-97)105-33-17-5-18-34-105)90-127(117-125,83-75-95-45-61-111(62-46-95)103-29-13-3-14-30-103)123-130(86-78-98-51-67-114(68-52-98)106-35-19-6-20-36-106)91-128(121-125,84-76-96-47-63-112(64-48-96)104-31-15-4-16-32-104)119-131(122-126,87-79-99-53-69-115(70-54-99)107-37-21-7-22-38-107)92-132(120-130,124-129)88-80-100-55-71-116(72-56-100)108-39-23-8-24-40-108/h1-88H,89-92H2. The van der Waals surface area contributed by atoms with E-state index in [2.05, 4.69) is 531 Å². The lowest BCUT2D eigenvalue weighted by Crippen LogP contribution is -2.83. The van der Waals surface area contributed by atoms with Crippen LogP contribution in [0.2, 0.25) is 22.7 Å². The van der Waals surface area contributed by atoms with Gasteiger partial charge in [-0.25, -0.2) is 0 Å². The quantitative estimate of drug-likeness (QED) is 0.0554. The summed E-state index contributed by atoms with van der Waals surface area (Å²) in [6, 6.07) is 155. The molecule has 0 aromatic heterocycles. The highest BCUT2D eigenvalue weighted by Crippen LogP contribution is 2.56. The van der Waals surface area contributed by atoms with Gasteiger partial charge in [0.2, 0.25) is 0 Å². The van der Waals surface area contributed by atoms with E-state index in [9.17, 15) is 0 Å². The summed E-state index contributed by atoms with van der Waals surface area (Å²) < 4.78 is 73.0. The molecular weight excluding hydrogens is 1750 g/mol. The molecule has 6 heterocycles. The third-order valence-corrected chi connectivity index (χ3v) is 68.4. The average molecular weight is 1840 g/mol. The monoisotopic (exact) mass is 1840 g/mol. The Labute approximate surface area is 782 Å². The van der Waals surface area contributed by atoms with Crippen molar-refractivity contribution in [2.24, 2.45) is 0 Å². The van der Waals surface area contributed by atoms with Gasteiger partial charge in [-0.05, 0) is 179 Å². The second-order valence-electron chi connectivity index (χ2n) is 34.6. The molecule has 8 nitrogen and oxygen atoms in total. The maximum absolute atomic E-state index is 9.14. The van der Waals surface area contributed by atoms with Gasteiger partial charge in [0.1, 0.15) is 0 Å². The molecule has 640 valence electrons. The maximum atomic E-state index is 9.14. The molecule has 6 aliphatic rings. The number of hydrogen-bond donors (Lipinski definition) is 0. The van der Waals surface area contributed by atoms with Crippen molar-refractivity contribution in [3.8, 4) is 89.0 Å². The minimum Gasteiger partial charge on any atom is -0.409 e. The highest BCUT2D eigenvalue weighted by atomic mass is 28.6. The molecule has 6 fully saturated rings. The summed E-state index contributed by atoms with van der Waals surface area (Å²) in [6.45, 7) is 0. The molecule has 0 N–H and O–H groups in total. The van der Waals surface area contributed by atoms with Crippen LogP contribution in [-0.2, 0) is 32.9 Å². The van der Waals surface area contributed by atoms with E-state index >= 15 is 0 Å². The van der Waals surface area contributed by atoms with Crippen molar-refractivity contribution in [2.45, 2.75) is 22.7 Å². The van der Waals surface area contributed by atoms with E-state index in [0.29, 0.717) is 0 Å². The van der Waals surface area contributed by atoms with Crippen LogP contribution in [0.3, 0.4) is 0 Å². The van der Waals surface area contributed by atoms with Gasteiger partial charge in [0.25, 0.3) is 0 Å². The van der Waals surface area contributed by atoms with Crippen molar-refractivity contribution in [3.63, 3.8) is 0 Å². The van der Waals surface area contributed by atoms with Gasteiger partial charge in [0, 0.05) is 22.7 Å². The summed E-state index contributed by atoms with van der Waals surface area (Å²) in [7, 11) is -34.8. The third kappa shape index (κ3) is 19.6. The first kappa shape index (κ1) is 85.6. The topological polar surface area (TPSA) is 73.8 Å². The Bertz CT molecular complexity index is 5600. The predicted octanol–water partition coefficient (Wildman–Crippen LogP) is 29.2. The van der Waals surface area contributed by atoms with E-state index in [1.54, 1.807) is 0 Å². The van der Waals surface area contributed by atoms with Crippen LogP contribution in [-0.4, -0.2) is 68.5 Å². The predicted molar refractivity (Wildman–Crippen MR) is 561 cm³/mol. The fourth-order valence-corrected chi connectivity index (χ4v) is 79.3. The molecule has 8 bridgehead atoms. The van der Waals surface area contributed by atoms with Gasteiger partial charge < -0.3 is 32.9 Å². The molecule has 16 aromatic rings. The van der Waals surface area contributed by atoms with Gasteiger partial charge in [0.05, 0.1) is 0 Å². The van der Waals surface area contributed by atoms with E-state index in [0.717, 1.165) is 134 Å². The first-order valence-electron chi connectivity index (χ1n) is 45.2. The Kier molecular flexibility index (Phi) is 24.4. The zero-order chi connectivity index (χ0) is 88.6. The van der Waals surface area contributed by atoms with Gasteiger partial charge in [-0.15, -0.1) is 0 Å². The van der Waals surface area contributed by atoms with Crippen LogP contribution in [0.25, 0.3) is 138 Å². The van der Waals surface area contributed by atoms with Crippen molar-refractivity contribution >= 4 is 117 Å². The van der Waals surface area contributed by atoms with Crippen molar-refractivity contribution in [2.75, 3.05) is 0 Å². The molecule has 132 heavy (non-hydrogen) atoms. The number of benzene rings is 16. The number of hydrogen-bond acceptors (Lipinski definition) is 8. The highest BCUT2D eigenvalue weighted by molar-refractivity contribution is 7.17. The van der Waals surface area contributed by atoms with E-state index in [1.165, 1.54) is 0 Å². The van der Waals surface area contributed by atoms with Crippen LogP contribution in [0.1, 0.15) is 44.5 Å². The van der Waals surface area contributed by atoms with Crippen LogP contribution in [0.5, 0.6) is 0 Å². The lowest BCUT2D eigenvalue weighted by Gasteiger charge is -2.63. The summed E-state index contributed by atoms with van der Waals surface area (Å²) in [4.78, 5) is 0. The first-order valence-corrected chi connectivity index (χ1v) is 62.0. The fourth-order valence-electron chi connectivity index (χ4n) is 18.6. The van der Waals surface area contributed by atoms with Gasteiger partial charge >= 0.3 is 68.5 Å². The van der Waals surface area contributed by atoms with Gasteiger partial charge in [-0.2, -0.15) is 0 Å². The van der Waals surface area contributed by atoms with E-state index in [1.807, 2.05) is 0 Å². The van der Waals surface area contributed by atoms with Crippen LogP contribution in [0, 0.1) is 0 Å². The SMILES string of the molecule is C(=C[Si]12C[Si]3(C=Cc4ccc(-c5ccccc5)cc4)O[Si]4(C=Cc5ccc(-c6ccccc6)cc5)C[Si]5(C=Cc6ccc(-c7ccccc7)cc6)O[Si](C=Cc6ccc(-c7ccccc7)cc6)(C[Si](C=Cc6ccc(-c7ccccc7)cc6)(O1)O4)O[Si](C=Cc1ccc(-c4ccccc4)cc1)(C[Si](C=Cc1ccc(-c4ccccc4)cc1)(O3)O5)O2)c1ccc(-c2ccccc2)cc1. The minimum atomic E-state index is -4.36. The Morgan fingerprint density at radius 3 is 0.303 bits per heavy atom. The number of rotatable bonds is 24. The van der Waals surface area contributed by atoms with Crippen molar-refractivity contribution in [1.29, 1.82) is 0 Å². The molecule has 0 saturated carbocycles. The van der Waals surface area contributed by atoms with Gasteiger partial charge in [-0.3, -0.25) is 0 Å². The van der Waals surface area contributed by atoms with Crippen LogP contribution in [0.4, 0.5) is 0 Å². The maximum Gasteiger partial charge on any atom is 0.350 e. The van der Waals surface area contributed by atoms with E-state index in [-0.39, 0.29) is 22.7 Å². The van der Waals surface area contributed by atoms with E-state index < -0.39 is 68.5 Å². The van der Waals surface area contributed by atoms with Gasteiger partial charge in [-0.1, -0.05) is 485 Å². The third-order valence-electron chi connectivity index (χ3n) is 25.1. The van der Waals surface area contributed by atoms with Crippen LogP contribution >= 0.6 is 0 Å². The van der Waals surface area contributed by atoms with Crippen molar-refractivity contribution in [1.82, 2.24) is 0 Å². The Hall–Kier alpha value is -13.1. The summed E-state index contributed by atoms with van der Waals surface area (Å²) in [6.07, 6.45) is 17.8. The Morgan fingerprint density at radius 1 is 0.114 bits per heavy atom. The van der Waals surface area contributed by atoms with Gasteiger partial charge in [0.15, 0.2) is 0 Å². The zero-order valence-corrected chi connectivity index (χ0v) is 80.9. The molecule has 6 saturated heterocycles. The Morgan fingerprint density at radius 2 is 0.205 bits per heavy atom. The summed E-state index contributed by atoms with van der Waals surface area (Å²) in [5.74, 6) is 0. The summed E-state index contributed by atoms with van der Waals surface area (Å²) >= 11 is 0. The lowest BCUT2D eigenvalue weighted by molar-refractivity contribution is 0.192. The molecular formula is C116H96O8Si8. The second-order valence-corrected chi connectivity index (χ2v) is 62.4. The fraction of sp³-hybridized carbons (Fsp3) is 0.0345. The molecule has 0 atom stereocenters. The lowest BCUT2D eigenvalue weighted by atomic mass is 10.0. The Balaban J connectivity index is 0.849. The molecule has 16 aromatic carbocycles. The molecule has 0 spiro atoms. The molecule has 0 unspecified atom stereocenters. The van der Waals surface area contributed by atoms with Crippen molar-refractivity contribution in [3.05, 3.63) is 527 Å². The molecule has 16 heteroatoms. The highest BCUT2D eigenvalue weighted by Gasteiger charge is 2.77. The molecule has 22 rings (SSSR count). The normalized spacial score (nSPS) is 23.4. The summed E-state index contributed by atoms with van der Waals surface area (Å²) in [5.41, 5.74) is 44.7. The van der Waals surface area contributed by atoms with E-state index in [4.69, 9.17) is 32.9 Å². The first-order chi connectivity index (χ1) is 64.8. The summed E-state index contributed by atoms with van der Waals surface area (Å²) in [5, 5.41) is 0. The molecule has 6 aliphatic heterocycles. The molecule has 0 radical (unpaired) electrons. The second kappa shape index (κ2) is 37.6. The van der Waals surface area contributed by atoms with Crippen LogP contribution in [0.15, 0.2) is 482 Å². The largest absolute Gasteiger partial charge is 0.409 e. The average Bonchev–Trinajstić information content (AvgIpc) is 0.683. The smallest absolute Gasteiger partial charge is 0.350 e.